The normalized spacial score (nSPS) is 15.4. The van der Waals surface area contributed by atoms with Gasteiger partial charge in [-0.05, 0) is 37.1 Å². The summed E-state index contributed by atoms with van der Waals surface area (Å²) < 4.78 is 0. The molecule has 1 aliphatic heterocycles. The molecule has 0 spiro atoms. The van der Waals surface area contributed by atoms with Gasteiger partial charge in [0.2, 0.25) is 5.91 Å². The smallest absolute Gasteiger partial charge is 0.258 e. The number of hydrogen-bond acceptors (Lipinski definition) is 5. The van der Waals surface area contributed by atoms with Crippen molar-refractivity contribution in [3.05, 3.63) is 70.5 Å². The molecule has 0 saturated carbocycles. The van der Waals surface area contributed by atoms with E-state index in [1.165, 1.54) is 0 Å². The van der Waals surface area contributed by atoms with E-state index in [1.807, 2.05) is 42.6 Å². The molecule has 3 aromatic rings. The fraction of sp³-hybridized carbons (Fsp3) is 0.364. The molecule has 0 radical (unpaired) electrons. The van der Waals surface area contributed by atoms with Gasteiger partial charge in [0.1, 0.15) is 5.82 Å². The number of carbonyl (C=O) groups excluding carboxylic acids is 1. The molecule has 1 fully saturated rings. The van der Waals surface area contributed by atoms with Gasteiger partial charge in [0, 0.05) is 44.7 Å². The number of nitrogens with zero attached hydrogens (tertiary/aromatic N) is 3. The summed E-state index contributed by atoms with van der Waals surface area (Å²) in [7, 11) is 0. The number of likely N-dealkylation sites (tertiary alicyclic amines) is 1. The Morgan fingerprint density at radius 1 is 1.14 bits per heavy atom. The van der Waals surface area contributed by atoms with Gasteiger partial charge in [-0.2, -0.15) is 0 Å². The minimum Gasteiger partial charge on any atom is -0.353 e. The summed E-state index contributed by atoms with van der Waals surface area (Å²) in [5, 5.41) is 3.69. The van der Waals surface area contributed by atoms with Crippen LogP contribution in [-0.4, -0.2) is 44.9 Å². The zero-order chi connectivity index (χ0) is 20.1. The average molecular weight is 391 g/mol. The molecule has 29 heavy (non-hydrogen) atoms. The highest BCUT2D eigenvalue weighted by molar-refractivity contribution is 5.78. The van der Waals surface area contributed by atoms with Crippen molar-refractivity contribution in [2.45, 2.75) is 38.3 Å². The lowest BCUT2D eigenvalue weighted by Crippen LogP contribution is -2.44. The molecule has 0 bridgehead atoms. The van der Waals surface area contributed by atoms with Gasteiger partial charge in [-0.15, -0.1) is 0 Å². The standard InChI is InChI=1S/C22H25N5O2/c28-21(9-8-20-25-19-7-2-1-6-18(19)22(29)26-20)24-16-10-13-27(14-11-16)15-17-5-3-4-12-23-17/h1-7,12,16H,8-11,13-15H2,(H,24,28)(H,25,26,29). The largest absolute Gasteiger partial charge is 0.353 e. The maximum absolute atomic E-state index is 12.4. The first-order chi connectivity index (χ1) is 14.2. The third kappa shape index (κ3) is 5.06. The Morgan fingerprint density at radius 3 is 2.72 bits per heavy atom. The number of hydrogen-bond donors (Lipinski definition) is 2. The molecular formula is C22H25N5O2. The molecule has 0 unspecified atom stereocenters. The summed E-state index contributed by atoms with van der Waals surface area (Å²) >= 11 is 0. The van der Waals surface area contributed by atoms with Crippen molar-refractivity contribution in [2.24, 2.45) is 0 Å². The lowest BCUT2D eigenvalue weighted by molar-refractivity contribution is -0.122. The van der Waals surface area contributed by atoms with E-state index in [0.717, 1.165) is 38.2 Å². The van der Waals surface area contributed by atoms with Crippen LogP contribution in [0.3, 0.4) is 0 Å². The fourth-order valence-electron chi connectivity index (χ4n) is 3.74. The molecular weight excluding hydrogens is 366 g/mol. The molecule has 1 amide bonds. The van der Waals surface area contributed by atoms with Crippen molar-refractivity contribution in [1.29, 1.82) is 0 Å². The summed E-state index contributed by atoms with van der Waals surface area (Å²) in [6.45, 7) is 2.74. The third-order valence-electron chi connectivity index (χ3n) is 5.32. The summed E-state index contributed by atoms with van der Waals surface area (Å²) in [5.41, 5.74) is 1.57. The van der Waals surface area contributed by atoms with Gasteiger partial charge in [-0.1, -0.05) is 18.2 Å². The Hall–Kier alpha value is -3.06. The monoisotopic (exact) mass is 391 g/mol. The van der Waals surface area contributed by atoms with Crippen molar-refractivity contribution in [3.63, 3.8) is 0 Å². The molecule has 0 aliphatic carbocycles. The van der Waals surface area contributed by atoms with Gasteiger partial charge >= 0.3 is 0 Å². The Labute approximate surface area is 169 Å². The Balaban J connectivity index is 1.24. The van der Waals surface area contributed by atoms with Gasteiger partial charge < -0.3 is 10.3 Å². The second-order valence-electron chi connectivity index (χ2n) is 7.47. The Kier molecular flexibility index (Phi) is 5.95. The minimum absolute atomic E-state index is 0.00369. The van der Waals surface area contributed by atoms with E-state index >= 15 is 0 Å². The van der Waals surface area contributed by atoms with Crippen LogP contribution in [-0.2, 0) is 17.8 Å². The molecule has 3 heterocycles. The predicted molar refractivity (Wildman–Crippen MR) is 111 cm³/mol. The number of aryl methyl sites for hydroxylation is 1. The highest BCUT2D eigenvalue weighted by Crippen LogP contribution is 2.13. The van der Waals surface area contributed by atoms with Gasteiger partial charge in [0.05, 0.1) is 16.6 Å². The number of carbonyl (C=O) groups is 1. The van der Waals surface area contributed by atoms with Crippen LogP contribution in [0.15, 0.2) is 53.5 Å². The molecule has 1 aliphatic rings. The number of aromatic nitrogens is 3. The first-order valence-corrected chi connectivity index (χ1v) is 10.1. The number of benzene rings is 1. The number of fused-ring (bicyclic) bond motifs is 1. The van der Waals surface area contributed by atoms with E-state index in [-0.39, 0.29) is 17.5 Å². The van der Waals surface area contributed by atoms with E-state index in [9.17, 15) is 9.59 Å². The summed E-state index contributed by atoms with van der Waals surface area (Å²) in [6, 6.07) is 13.4. The lowest BCUT2D eigenvalue weighted by Gasteiger charge is -2.32. The van der Waals surface area contributed by atoms with Crippen molar-refractivity contribution < 1.29 is 4.79 Å². The molecule has 7 nitrogen and oxygen atoms in total. The molecule has 150 valence electrons. The predicted octanol–water partition coefficient (Wildman–Crippen LogP) is 2.03. The van der Waals surface area contributed by atoms with Crippen LogP contribution in [0.4, 0.5) is 0 Å². The number of piperidine rings is 1. The fourth-order valence-corrected chi connectivity index (χ4v) is 3.74. The number of nitrogens with one attached hydrogen (secondary N) is 2. The SMILES string of the molecule is O=C(CCc1nc2ccccc2c(=O)[nH]1)NC1CCN(Cc2ccccn2)CC1. The summed E-state index contributed by atoms with van der Waals surface area (Å²) in [5.74, 6) is 0.554. The van der Waals surface area contributed by atoms with Crippen LogP contribution in [0.1, 0.15) is 30.8 Å². The molecule has 4 rings (SSSR count). The van der Waals surface area contributed by atoms with Crippen LogP contribution >= 0.6 is 0 Å². The highest BCUT2D eigenvalue weighted by Gasteiger charge is 2.21. The second-order valence-corrected chi connectivity index (χ2v) is 7.47. The van der Waals surface area contributed by atoms with Crippen molar-refractivity contribution in [2.75, 3.05) is 13.1 Å². The van der Waals surface area contributed by atoms with Crippen LogP contribution in [0.5, 0.6) is 0 Å². The molecule has 7 heteroatoms. The van der Waals surface area contributed by atoms with Crippen molar-refractivity contribution in [1.82, 2.24) is 25.2 Å². The molecule has 0 atom stereocenters. The van der Waals surface area contributed by atoms with Crippen LogP contribution < -0.4 is 10.9 Å². The summed E-state index contributed by atoms with van der Waals surface area (Å²) in [6.07, 6.45) is 4.42. The van der Waals surface area contributed by atoms with Gasteiger partial charge in [0.25, 0.3) is 5.56 Å². The first kappa shape index (κ1) is 19.3. The van der Waals surface area contributed by atoms with Gasteiger partial charge in [-0.25, -0.2) is 4.98 Å². The van der Waals surface area contributed by atoms with E-state index in [4.69, 9.17) is 0 Å². The highest BCUT2D eigenvalue weighted by atomic mass is 16.1. The quantitative estimate of drug-likeness (QED) is 0.671. The zero-order valence-electron chi connectivity index (χ0n) is 16.3. The number of amides is 1. The van der Waals surface area contributed by atoms with Crippen molar-refractivity contribution in [3.8, 4) is 0 Å². The first-order valence-electron chi connectivity index (χ1n) is 10.1. The molecule has 1 aromatic carbocycles. The number of rotatable bonds is 6. The average Bonchev–Trinajstić information content (AvgIpc) is 2.74. The van der Waals surface area contributed by atoms with Gasteiger partial charge in [0.15, 0.2) is 0 Å². The number of H-pyrrole nitrogens is 1. The summed E-state index contributed by atoms with van der Waals surface area (Å²) in [4.78, 5) is 38.4. The number of para-hydroxylation sites is 1. The van der Waals surface area contributed by atoms with E-state index < -0.39 is 0 Å². The maximum atomic E-state index is 12.4. The maximum Gasteiger partial charge on any atom is 0.258 e. The van der Waals surface area contributed by atoms with Crippen LogP contribution in [0.25, 0.3) is 10.9 Å². The van der Waals surface area contributed by atoms with E-state index in [2.05, 4.69) is 25.2 Å². The number of aromatic amines is 1. The Morgan fingerprint density at radius 2 is 1.93 bits per heavy atom. The lowest BCUT2D eigenvalue weighted by atomic mass is 10.0. The van der Waals surface area contributed by atoms with Crippen LogP contribution in [0, 0.1) is 0 Å². The molecule has 2 N–H and O–H groups in total. The molecule has 1 saturated heterocycles. The molecule has 2 aromatic heterocycles. The number of pyridine rings is 1. The van der Waals surface area contributed by atoms with Gasteiger partial charge in [-0.3, -0.25) is 19.5 Å². The topological polar surface area (TPSA) is 91.0 Å². The van der Waals surface area contributed by atoms with Crippen LogP contribution in [0.2, 0.25) is 0 Å². The second kappa shape index (κ2) is 8.96. The van der Waals surface area contributed by atoms with E-state index in [1.54, 1.807) is 6.07 Å². The zero-order valence-corrected chi connectivity index (χ0v) is 16.3. The minimum atomic E-state index is -0.161. The Bertz CT molecular complexity index is 1030. The van der Waals surface area contributed by atoms with E-state index in [0.29, 0.717) is 29.6 Å². The van der Waals surface area contributed by atoms with Crippen molar-refractivity contribution >= 4 is 16.8 Å². The third-order valence-corrected chi connectivity index (χ3v) is 5.32.